The number of anilines is 1. The van der Waals surface area contributed by atoms with Crippen molar-refractivity contribution in [1.82, 2.24) is 9.78 Å². The summed E-state index contributed by atoms with van der Waals surface area (Å²) in [5.41, 5.74) is 0.731. The summed E-state index contributed by atoms with van der Waals surface area (Å²) < 4.78 is 1.54. The molecule has 0 bridgehead atoms. The molecule has 84 valence electrons. The summed E-state index contributed by atoms with van der Waals surface area (Å²) >= 11 is 0. The summed E-state index contributed by atoms with van der Waals surface area (Å²) in [6.07, 6.45) is 3.85. The van der Waals surface area contributed by atoms with Gasteiger partial charge in [-0.2, -0.15) is 5.10 Å². The molecule has 1 aromatic heterocycles. The van der Waals surface area contributed by atoms with E-state index in [4.69, 9.17) is 0 Å². The van der Waals surface area contributed by atoms with Crippen LogP contribution in [0.15, 0.2) is 17.1 Å². The van der Waals surface area contributed by atoms with E-state index in [0.29, 0.717) is 5.92 Å². The van der Waals surface area contributed by atoms with Crippen molar-refractivity contribution in [2.24, 2.45) is 5.92 Å². The van der Waals surface area contributed by atoms with Crippen LogP contribution in [0.4, 0.5) is 5.69 Å². The highest BCUT2D eigenvalue weighted by molar-refractivity contribution is 5.37. The highest BCUT2D eigenvalue weighted by atomic mass is 16.1. The van der Waals surface area contributed by atoms with Gasteiger partial charge in [-0.15, -0.1) is 0 Å². The number of rotatable bonds is 5. The predicted octanol–water partition coefficient (Wildman–Crippen LogP) is 1.72. The van der Waals surface area contributed by atoms with Crippen molar-refractivity contribution in [3.8, 4) is 0 Å². The molecule has 15 heavy (non-hydrogen) atoms. The molecule has 0 aliphatic heterocycles. The van der Waals surface area contributed by atoms with E-state index in [0.717, 1.165) is 25.1 Å². The zero-order chi connectivity index (χ0) is 11.3. The molecule has 0 saturated carbocycles. The smallest absolute Gasteiger partial charge is 0.268 e. The SMILES string of the molecule is CCC(CC)Cn1ncc(NC)cc1=O. The molecule has 1 heterocycles. The number of hydrogen-bond acceptors (Lipinski definition) is 3. The van der Waals surface area contributed by atoms with E-state index in [1.807, 2.05) is 0 Å². The van der Waals surface area contributed by atoms with E-state index in [-0.39, 0.29) is 5.56 Å². The number of nitrogens with zero attached hydrogens (tertiary/aromatic N) is 2. The molecule has 1 aromatic rings. The van der Waals surface area contributed by atoms with Gasteiger partial charge in [-0.05, 0) is 5.92 Å². The molecule has 0 radical (unpaired) electrons. The second-order valence-corrected chi connectivity index (χ2v) is 3.70. The van der Waals surface area contributed by atoms with Crippen molar-refractivity contribution < 1.29 is 0 Å². The van der Waals surface area contributed by atoms with Crippen LogP contribution in [0.1, 0.15) is 26.7 Å². The zero-order valence-electron chi connectivity index (χ0n) is 9.66. The molecule has 0 saturated heterocycles. The van der Waals surface area contributed by atoms with Gasteiger partial charge in [0.15, 0.2) is 0 Å². The lowest BCUT2D eigenvalue weighted by molar-refractivity contribution is 0.385. The summed E-state index contributed by atoms with van der Waals surface area (Å²) in [5, 5.41) is 7.03. The van der Waals surface area contributed by atoms with Gasteiger partial charge in [0.25, 0.3) is 5.56 Å². The Balaban J connectivity index is 2.82. The maximum atomic E-state index is 11.6. The zero-order valence-corrected chi connectivity index (χ0v) is 9.66. The summed E-state index contributed by atoms with van der Waals surface area (Å²) in [6.45, 7) is 5.00. The Bertz CT molecular complexity index is 355. The monoisotopic (exact) mass is 209 g/mol. The van der Waals surface area contributed by atoms with E-state index in [1.165, 1.54) is 0 Å². The Hall–Kier alpha value is -1.32. The van der Waals surface area contributed by atoms with Gasteiger partial charge in [-0.1, -0.05) is 26.7 Å². The average molecular weight is 209 g/mol. The third-order valence-electron chi connectivity index (χ3n) is 2.74. The Morgan fingerprint density at radius 1 is 1.47 bits per heavy atom. The molecule has 1 rings (SSSR count). The van der Waals surface area contributed by atoms with Crippen LogP contribution in [0.25, 0.3) is 0 Å². The van der Waals surface area contributed by atoms with E-state index in [9.17, 15) is 4.79 Å². The summed E-state index contributed by atoms with van der Waals surface area (Å²) in [4.78, 5) is 11.6. The first-order chi connectivity index (χ1) is 7.21. The third kappa shape index (κ3) is 3.08. The Morgan fingerprint density at radius 2 is 2.13 bits per heavy atom. The van der Waals surface area contributed by atoms with Gasteiger partial charge < -0.3 is 5.32 Å². The molecular weight excluding hydrogens is 190 g/mol. The first-order valence-electron chi connectivity index (χ1n) is 5.46. The fraction of sp³-hybridized carbons (Fsp3) is 0.636. The first kappa shape index (κ1) is 11.8. The van der Waals surface area contributed by atoms with E-state index in [1.54, 1.807) is 24.0 Å². The number of nitrogens with one attached hydrogen (secondary N) is 1. The highest BCUT2D eigenvalue weighted by Crippen LogP contribution is 2.09. The Morgan fingerprint density at radius 3 is 2.60 bits per heavy atom. The van der Waals surface area contributed by atoms with Crippen LogP contribution in [-0.4, -0.2) is 16.8 Å². The Kier molecular flexibility index (Phi) is 4.34. The van der Waals surface area contributed by atoms with Gasteiger partial charge in [0.1, 0.15) is 0 Å². The molecule has 0 aromatic carbocycles. The second-order valence-electron chi connectivity index (χ2n) is 3.70. The molecule has 0 atom stereocenters. The molecule has 4 nitrogen and oxygen atoms in total. The molecule has 4 heteroatoms. The molecular formula is C11H19N3O. The minimum Gasteiger partial charge on any atom is -0.387 e. The normalized spacial score (nSPS) is 10.7. The minimum absolute atomic E-state index is 0.0336. The van der Waals surface area contributed by atoms with Crippen molar-refractivity contribution in [3.63, 3.8) is 0 Å². The van der Waals surface area contributed by atoms with E-state index < -0.39 is 0 Å². The van der Waals surface area contributed by atoms with Crippen LogP contribution in [0.2, 0.25) is 0 Å². The average Bonchev–Trinajstić information content (AvgIpc) is 2.27. The minimum atomic E-state index is -0.0336. The Labute approximate surface area is 90.3 Å². The lowest BCUT2D eigenvalue weighted by Gasteiger charge is -2.13. The molecule has 0 amide bonds. The van der Waals surface area contributed by atoms with Gasteiger partial charge in [0.05, 0.1) is 11.9 Å². The van der Waals surface area contributed by atoms with Crippen LogP contribution in [-0.2, 0) is 6.54 Å². The topological polar surface area (TPSA) is 46.9 Å². The van der Waals surface area contributed by atoms with Crippen molar-refractivity contribution in [2.75, 3.05) is 12.4 Å². The van der Waals surface area contributed by atoms with Gasteiger partial charge in [0.2, 0.25) is 0 Å². The van der Waals surface area contributed by atoms with Crippen LogP contribution >= 0.6 is 0 Å². The van der Waals surface area contributed by atoms with Crippen LogP contribution in [0.3, 0.4) is 0 Å². The lowest BCUT2D eigenvalue weighted by Crippen LogP contribution is -2.25. The number of hydrogen-bond donors (Lipinski definition) is 1. The molecule has 1 N–H and O–H groups in total. The molecule has 0 fully saturated rings. The predicted molar refractivity (Wildman–Crippen MR) is 62.1 cm³/mol. The van der Waals surface area contributed by atoms with Crippen molar-refractivity contribution >= 4 is 5.69 Å². The van der Waals surface area contributed by atoms with Gasteiger partial charge in [-0.3, -0.25) is 4.79 Å². The van der Waals surface area contributed by atoms with Crippen LogP contribution < -0.4 is 10.9 Å². The van der Waals surface area contributed by atoms with E-state index >= 15 is 0 Å². The summed E-state index contributed by atoms with van der Waals surface area (Å²) in [6, 6.07) is 1.58. The highest BCUT2D eigenvalue weighted by Gasteiger charge is 2.06. The van der Waals surface area contributed by atoms with Crippen LogP contribution in [0.5, 0.6) is 0 Å². The standard InChI is InChI=1S/C11H19N3O/c1-4-9(5-2)8-14-11(15)6-10(12-3)7-13-14/h6-7,9,12H,4-5,8H2,1-3H3. The largest absolute Gasteiger partial charge is 0.387 e. The fourth-order valence-electron chi connectivity index (χ4n) is 1.50. The van der Waals surface area contributed by atoms with Crippen LogP contribution in [0, 0.1) is 5.92 Å². The van der Waals surface area contributed by atoms with E-state index in [2.05, 4.69) is 24.3 Å². The van der Waals surface area contributed by atoms with Crippen molar-refractivity contribution in [1.29, 1.82) is 0 Å². The quantitative estimate of drug-likeness (QED) is 0.803. The van der Waals surface area contributed by atoms with Gasteiger partial charge in [-0.25, -0.2) is 4.68 Å². The maximum Gasteiger partial charge on any atom is 0.268 e. The van der Waals surface area contributed by atoms with Gasteiger partial charge in [0, 0.05) is 19.7 Å². The van der Waals surface area contributed by atoms with Gasteiger partial charge >= 0.3 is 0 Å². The summed E-state index contributed by atoms with van der Waals surface area (Å²) in [5.74, 6) is 0.538. The summed E-state index contributed by atoms with van der Waals surface area (Å²) in [7, 11) is 1.78. The lowest BCUT2D eigenvalue weighted by atomic mass is 10.0. The second kappa shape index (κ2) is 5.53. The molecule has 0 aliphatic rings. The van der Waals surface area contributed by atoms with Crippen molar-refractivity contribution in [3.05, 3.63) is 22.6 Å². The fourth-order valence-corrected chi connectivity index (χ4v) is 1.50. The number of aromatic nitrogens is 2. The molecule has 0 spiro atoms. The van der Waals surface area contributed by atoms with Crippen molar-refractivity contribution in [2.45, 2.75) is 33.2 Å². The molecule has 0 aliphatic carbocycles. The third-order valence-corrected chi connectivity index (χ3v) is 2.74. The first-order valence-corrected chi connectivity index (χ1v) is 5.46. The molecule has 0 unspecified atom stereocenters. The maximum absolute atomic E-state index is 11.6.